The maximum absolute atomic E-state index is 12.5. The van der Waals surface area contributed by atoms with Crippen molar-refractivity contribution in [1.82, 2.24) is 10.3 Å². The predicted molar refractivity (Wildman–Crippen MR) is 85.2 cm³/mol. The van der Waals surface area contributed by atoms with Gasteiger partial charge in [0.15, 0.2) is 0 Å². The first kappa shape index (κ1) is 14.8. The third-order valence-electron chi connectivity index (χ3n) is 3.44. The van der Waals surface area contributed by atoms with E-state index >= 15 is 0 Å². The van der Waals surface area contributed by atoms with E-state index in [9.17, 15) is 4.79 Å². The van der Waals surface area contributed by atoms with Crippen molar-refractivity contribution < 1.29 is 13.9 Å². The number of benzene rings is 1. The van der Waals surface area contributed by atoms with Gasteiger partial charge in [-0.1, -0.05) is 30.3 Å². The highest BCUT2D eigenvalue weighted by molar-refractivity contribution is 5.94. The van der Waals surface area contributed by atoms with Crippen LogP contribution in [0.4, 0.5) is 0 Å². The lowest BCUT2D eigenvalue weighted by molar-refractivity contribution is 0.0938. The van der Waals surface area contributed by atoms with Gasteiger partial charge in [-0.25, -0.2) is 4.98 Å². The van der Waals surface area contributed by atoms with Crippen LogP contribution in [0.2, 0.25) is 0 Å². The normalized spacial score (nSPS) is 11.7. The Balaban J connectivity index is 1.85. The molecule has 0 radical (unpaired) electrons. The lowest BCUT2D eigenvalue weighted by atomic mass is 10.0. The highest BCUT2D eigenvalue weighted by Gasteiger charge is 2.20. The number of hydrogen-bond acceptors (Lipinski definition) is 4. The molecular weight excluding hydrogens is 292 g/mol. The minimum atomic E-state index is -0.360. The number of pyridine rings is 1. The van der Waals surface area contributed by atoms with Gasteiger partial charge in [-0.15, -0.1) is 0 Å². The maximum Gasteiger partial charge on any atom is 0.253 e. The van der Waals surface area contributed by atoms with Crippen LogP contribution in [0.1, 0.15) is 27.7 Å². The molecule has 0 aliphatic heterocycles. The lowest BCUT2D eigenvalue weighted by Crippen LogP contribution is -2.29. The molecule has 5 heteroatoms. The smallest absolute Gasteiger partial charge is 0.253 e. The summed E-state index contributed by atoms with van der Waals surface area (Å²) < 4.78 is 10.5. The van der Waals surface area contributed by atoms with E-state index in [1.54, 1.807) is 24.5 Å². The monoisotopic (exact) mass is 308 g/mol. The molecule has 5 nitrogen and oxygen atoms in total. The molecule has 0 saturated carbocycles. The fourth-order valence-electron chi connectivity index (χ4n) is 2.27. The van der Waals surface area contributed by atoms with Gasteiger partial charge in [0.1, 0.15) is 11.8 Å². The SMILES string of the molecule is COc1ccc(C(=O)NC(c2ccccc2)c2ccco2)cn1. The van der Waals surface area contributed by atoms with Crippen molar-refractivity contribution in [2.24, 2.45) is 0 Å². The first-order valence-corrected chi connectivity index (χ1v) is 7.17. The number of carbonyl (C=O) groups is 1. The molecular formula is C18H16N2O3. The number of rotatable bonds is 5. The Bertz CT molecular complexity index is 753. The molecule has 116 valence electrons. The van der Waals surface area contributed by atoms with Crippen LogP contribution in [-0.2, 0) is 0 Å². The number of nitrogens with zero attached hydrogens (tertiary/aromatic N) is 1. The largest absolute Gasteiger partial charge is 0.481 e. The van der Waals surface area contributed by atoms with Crippen molar-refractivity contribution in [3.05, 3.63) is 83.9 Å². The topological polar surface area (TPSA) is 64.4 Å². The molecule has 3 aromatic rings. The third-order valence-corrected chi connectivity index (χ3v) is 3.44. The summed E-state index contributed by atoms with van der Waals surface area (Å²) in [5.74, 6) is 0.906. The molecule has 0 fully saturated rings. The van der Waals surface area contributed by atoms with Crippen molar-refractivity contribution >= 4 is 5.91 Å². The van der Waals surface area contributed by atoms with E-state index in [1.807, 2.05) is 36.4 Å². The van der Waals surface area contributed by atoms with Crippen LogP contribution in [0.25, 0.3) is 0 Å². The van der Waals surface area contributed by atoms with Crippen molar-refractivity contribution in [3.63, 3.8) is 0 Å². The van der Waals surface area contributed by atoms with E-state index in [4.69, 9.17) is 9.15 Å². The van der Waals surface area contributed by atoms with E-state index in [1.165, 1.54) is 13.3 Å². The summed E-state index contributed by atoms with van der Waals surface area (Å²) in [6.45, 7) is 0. The second-order valence-electron chi connectivity index (χ2n) is 4.92. The summed E-state index contributed by atoms with van der Waals surface area (Å²) in [4.78, 5) is 16.5. The Morgan fingerprint density at radius 2 is 1.96 bits per heavy atom. The molecule has 2 heterocycles. The Morgan fingerprint density at radius 1 is 1.13 bits per heavy atom. The van der Waals surface area contributed by atoms with E-state index in [2.05, 4.69) is 10.3 Å². The zero-order valence-corrected chi connectivity index (χ0v) is 12.6. The van der Waals surface area contributed by atoms with E-state index in [0.29, 0.717) is 17.2 Å². The number of amides is 1. The highest BCUT2D eigenvalue weighted by atomic mass is 16.5. The maximum atomic E-state index is 12.5. The number of furan rings is 1. The molecule has 1 aromatic carbocycles. The van der Waals surface area contributed by atoms with Crippen LogP contribution in [0.5, 0.6) is 5.88 Å². The Morgan fingerprint density at radius 3 is 2.57 bits per heavy atom. The van der Waals surface area contributed by atoms with Gasteiger partial charge < -0.3 is 14.5 Å². The summed E-state index contributed by atoms with van der Waals surface area (Å²) in [6, 6.07) is 16.3. The zero-order chi connectivity index (χ0) is 16.1. The van der Waals surface area contributed by atoms with Gasteiger partial charge in [0.2, 0.25) is 5.88 Å². The fraction of sp³-hybridized carbons (Fsp3) is 0.111. The number of aromatic nitrogens is 1. The van der Waals surface area contributed by atoms with Crippen molar-refractivity contribution in [2.45, 2.75) is 6.04 Å². The molecule has 0 aliphatic carbocycles. The molecule has 0 spiro atoms. The van der Waals surface area contributed by atoms with Crippen LogP contribution in [0.3, 0.4) is 0 Å². The lowest BCUT2D eigenvalue weighted by Gasteiger charge is -2.17. The average molecular weight is 308 g/mol. The summed E-state index contributed by atoms with van der Waals surface area (Å²) in [5.41, 5.74) is 1.40. The third kappa shape index (κ3) is 3.40. The van der Waals surface area contributed by atoms with Gasteiger partial charge in [0, 0.05) is 12.3 Å². The number of methoxy groups -OCH3 is 1. The van der Waals surface area contributed by atoms with E-state index < -0.39 is 0 Å². The van der Waals surface area contributed by atoms with Crippen LogP contribution in [-0.4, -0.2) is 18.0 Å². The molecule has 23 heavy (non-hydrogen) atoms. The minimum absolute atomic E-state index is 0.231. The van der Waals surface area contributed by atoms with E-state index in [0.717, 1.165) is 5.56 Å². The molecule has 2 aromatic heterocycles. The molecule has 0 bridgehead atoms. The van der Waals surface area contributed by atoms with Crippen LogP contribution < -0.4 is 10.1 Å². The molecule has 1 amide bonds. The molecule has 0 aliphatic rings. The van der Waals surface area contributed by atoms with Gasteiger partial charge in [-0.3, -0.25) is 4.79 Å². The van der Waals surface area contributed by atoms with E-state index in [-0.39, 0.29) is 11.9 Å². The van der Waals surface area contributed by atoms with Crippen molar-refractivity contribution in [3.8, 4) is 5.88 Å². The number of carbonyl (C=O) groups excluding carboxylic acids is 1. The summed E-state index contributed by atoms with van der Waals surface area (Å²) in [5, 5.41) is 2.98. The summed E-state index contributed by atoms with van der Waals surface area (Å²) >= 11 is 0. The van der Waals surface area contributed by atoms with Crippen LogP contribution >= 0.6 is 0 Å². The summed E-state index contributed by atoms with van der Waals surface area (Å²) in [7, 11) is 1.53. The van der Waals surface area contributed by atoms with Gasteiger partial charge >= 0.3 is 0 Å². The Hall–Kier alpha value is -3.08. The Kier molecular flexibility index (Phi) is 4.38. The predicted octanol–water partition coefficient (Wildman–Crippen LogP) is 3.20. The molecule has 1 N–H and O–H groups in total. The second kappa shape index (κ2) is 6.79. The Labute approximate surface area is 133 Å². The van der Waals surface area contributed by atoms with Crippen LogP contribution in [0, 0.1) is 0 Å². The minimum Gasteiger partial charge on any atom is -0.481 e. The first-order chi connectivity index (χ1) is 11.3. The van der Waals surface area contributed by atoms with Crippen LogP contribution in [0.15, 0.2) is 71.5 Å². The first-order valence-electron chi connectivity index (χ1n) is 7.17. The fourth-order valence-corrected chi connectivity index (χ4v) is 2.27. The van der Waals surface area contributed by atoms with Gasteiger partial charge in [-0.05, 0) is 23.8 Å². The van der Waals surface area contributed by atoms with Gasteiger partial charge in [0.05, 0.1) is 18.9 Å². The summed E-state index contributed by atoms with van der Waals surface area (Å²) in [6.07, 6.45) is 3.07. The second-order valence-corrected chi connectivity index (χ2v) is 4.92. The van der Waals surface area contributed by atoms with Gasteiger partial charge in [0.25, 0.3) is 5.91 Å². The standard InChI is InChI=1S/C18H16N2O3/c1-22-16-10-9-14(12-19-16)18(21)20-17(15-8-5-11-23-15)13-6-3-2-4-7-13/h2-12,17H,1H3,(H,20,21). The number of nitrogens with one attached hydrogen (secondary N) is 1. The molecule has 0 saturated heterocycles. The number of hydrogen-bond donors (Lipinski definition) is 1. The average Bonchev–Trinajstić information content (AvgIpc) is 3.14. The highest BCUT2D eigenvalue weighted by Crippen LogP contribution is 2.23. The number of ether oxygens (including phenoxy) is 1. The molecule has 1 atom stereocenters. The van der Waals surface area contributed by atoms with Crippen molar-refractivity contribution in [2.75, 3.05) is 7.11 Å². The molecule has 3 rings (SSSR count). The zero-order valence-electron chi connectivity index (χ0n) is 12.6. The molecule has 1 unspecified atom stereocenters. The van der Waals surface area contributed by atoms with Crippen molar-refractivity contribution in [1.29, 1.82) is 0 Å². The van der Waals surface area contributed by atoms with Gasteiger partial charge in [-0.2, -0.15) is 0 Å². The quantitative estimate of drug-likeness (QED) is 0.786.